The van der Waals surface area contributed by atoms with Gasteiger partial charge in [-0.3, -0.25) is 4.79 Å². The van der Waals surface area contributed by atoms with Crippen molar-refractivity contribution in [1.29, 1.82) is 5.26 Å². The zero-order valence-corrected chi connectivity index (χ0v) is 13.7. The molecule has 3 rings (SSSR count). The van der Waals surface area contributed by atoms with E-state index >= 15 is 0 Å². The Morgan fingerprint density at radius 2 is 1.88 bits per heavy atom. The molecule has 0 aliphatic heterocycles. The average Bonchev–Trinajstić information content (AvgIpc) is 3.05. The third-order valence-electron chi connectivity index (χ3n) is 3.32. The third kappa shape index (κ3) is 3.28. The van der Waals surface area contributed by atoms with Crippen molar-refractivity contribution in [2.45, 2.75) is 0 Å². The Labute approximate surface area is 148 Å². The van der Waals surface area contributed by atoms with Gasteiger partial charge in [0.15, 0.2) is 5.76 Å². The first-order valence-electron chi connectivity index (χ1n) is 6.94. The summed E-state index contributed by atoms with van der Waals surface area (Å²) in [5.74, 6) is 0.119. The van der Waals surface area contributed by atoms with Crippen molar-refractivity contribution in [1.82, 2.24) is 0 Å². The van der Waals surface area contributed by atoms with Crippen molar-refractivity contribution >= 4 is 34.8 Å². The maximum absolute atomic E-state index is 12.3. The lowest BCUT2D eigenvalue weighted by Gasteiger charge is -2.05. The smallest absolute Gasteiger partial charge is 0.291 e. The second-order valence-corrected chi connectivity index (χ2v) is 5.74. The van der Waals surface area contributed by atoms with Gasteiger partial charge in [0.05, 0.1) is 16.3 Å². The number of benzene rings is 2. The van der Waals surface area contributed by atoms with E-state index < -0.39 is 5.91 Å². The number of hydrogen-bond donors (Lipinski definition) is 1. The summed E-state index contributed by atoms with van der Waals surface area (Å²) in [6.07, 6.45) is 0. The fourth-order valence-electron chi connectivity index (χ4n) is 2.17. The number of carbonyl (C=O) groups excluding carboxylic acids is 1. The van der Waals surface area contributed by atoms with Crippen LogP contribution in [-0.4, -0.2) is 5.91 Å². The zero-order chi connectivity index (χ0) is 17.1. The molecule has 0 saturated heterocycles. The van der Waals surface area contributed by atoms with E-state index in [2.05, 4.69) is 5.32 Å². The van der Waals surface area contributed by atoms with E-state index in [1.54, 1.807) is 54.6 Å². The van der Waals surface area contributed by atoms with Crippen molar-refractivity contribution in [3.63, 3.8) is 0 Å². The Kier molecular flexibility index (Phi) is 4.57. The van der Waals surface area contributed by atoms with Gasteiger partial charge in [-0.2, -0.15) is 5.26 Å². The van der Waals surface area contributed by atoms with Crippen molar-refractivity contribution in [3.8, 4) is 17.4 Å². The SMILES string of the molecule is N#Cc1ccccc1NC(=O)c1ccc(-c2ccc(Cl)cc2Cl)o1. The van der Waals surface area contributed by atoms with Gasteiger partial charge >= 0.3 is 0 Å². The lowest BCUT2D eigenvalue weighted by atomic mass is 10.2. The molecule has 24 heavy (non-hydrogen) atoms. The minimum atomic E-state index is -0.450. The van der Waals surface area contributed by atoms with Gasteiger partial charge in [0, 0.05) is 10.6 Å². The van der Waals surface area contributed by atoms with Crippen LogP contribution >= 0.6 is 23.2 Å². The van der Waals surface area contributed by atoms with Gasteiger partial charge in [0.25, 0.3) is 5.91 Å². The van der Waals surface area contributed by atoms with Gasteiger partial charge < -0.3 is 9.73 Å². The molecular formula is C18H10Cl2N2O2. The van der Waals surface area contributed by atoms with E-state index in [0.717, 1.165) is 0 Å². The first kappa shape index (κ1) is 16.1. The Balaban J connectivity index is 1.85. The molecule has 2 aromatic carbocycles. The summed E-state index contributed by atoms with van der Waals surface area (Å²) in [6, 6.07) is 17.0. The largest absolute Gasteiger partial charge is 0.451 e. The molecule has 1 amide bonds. The highest BCUT2D eigenvalue weighted by Gasteiger charge is 2.15. The number of nitrogens with zero attached hydrogens (tertiary/aromatic N) is 1. The molecular weight excluding hydrogens is 347 g/mol. The summed E-state index contributed by atoms with van der Waals surface area (Å²) in [7, 11) is 0. The Bertz CT molecular complexity index is 958. The molecule has 0 aliphatic rings. The fraction of sp³-hybridized carbons (Fsp3) is 0. The van der Waals surface area contributed by atoms with Gasteiger partial charge in [-0.05, 0) is 42.5 Å². The van der Waals surface area contributed by atoms with Crippen molar-refractivity contribution in [2.75, 3.05) is 5.32 Å². The van der Waals surface area contributed by atoms with Crippen molar-refractivity contribution < 1.29 is 9.21 Å². The van der Waals surface area contributed by atoms with E-state index in [1.807, 2.05) is 6.07 Å². The van der Waals surface area contributed by atoms with Crippen LogP contribution in [0.4, 0.5) is 5.69 Å². The molecule has 3 aromatic rings. The molecule has 6 heteroatoms. The molecule has 1 N–H and O–H groups in total. The first-order chi connectivity index (χ1) is 11.6. The lowest BCUT2D eigenvalue weighted by molar-refractivity contribution is 0.0997. The van der Waals surface area contributed by atoms with Crippen LogP contribution in [-0.2, 0) is 0 Å². The highest BCUT2D eigenvalue weighted by atomic mass is 35.5. The number of nitrogens with one attached hydrogen (secondary N) is 1. The molecule has 0 fully saturated rings. The van der Waals surface area contributed by atoms with Gasteiger partial charge in [-0.1, -0.05) is 35.3 Å². The molecule has 0 unspecified atom stereocenters. The molecule has 0 atom stereocenters. The maximum atomic E-state index is 12.3. The predicted octanol–water partition coefficient (Wildman–Crippen LogP) is 5.38. The number of carbonyl (C=O) groups is 1. The summed E-state index contributed by atoms with van der Waals surface area (Å²) in [5.41, 5.74) is 1.43. The van der Waals surface area contributed by atoms with Crippen molar-refractivity contribution in [3.05, 3.63) is 76.0 Å². The minimum Gasteiger partial charge on any atom is -0.451 e. The normalized spacial score (nSPS) is 10.2. The standard InChI is InChI=1S/C18H10Cl2N2O2/c19-12-5-6-13(14(20)9-12)16-7-8-17(24-16)18(23)22-15-4-2-1-3-11(15)10-21/h1-9H,(H,22,23). The number of para-hydroxylation sites is 1. The molecule has 4 nitrogen and oxygen atoms in total. The summed E-state index contributed by atoms with van der Waals surface area (Å²) >= 11 is 12.0. The first-order valence-corrected chi connectivity index (χ1v) is 7.70. The molecule has 1 heterocycles. The number of halogens is 2. The van der Waals surface area contributed by atoms with Gasteiger partial charge in [0.1, 0.15) is 11.8 Å². The van der Waals surface area contributed by atoms with E-state index in [1.165, 1.54) is 0 Å². The number of furan rings is 1. The Morgan fingerprint density at radius 1 is 1.08 bits per heavy atom. The monoisotopic (exact) mass is 356 g/mol. The summed E-state index contributed by atoms with van der Waals surface area (Å²) in [4.78, 5) is 12.3. The summed E-state index contributed by atoms with van der Waals surface area (Å²) in [5, 5.41) is 12.7. The number of anilines is 1. The highest BCUT2D eigenvalue weighted by Crippen LogP contribution is 2.31. The fourth-order valence-corrected chi connectivity index (χ4v) is 2.67. The van der Waals surface area contributed by atoms with Crippen LogP contribution in [0.2, 0.25) is 10.0 Å². The molecule has 0 bridgehead atoms. The Morgan fingerprint density at radius 3 is 2.62 bits per heavy atom. The molecule has 0 spiro atoms. The number of nitriles is 1. The number of amides is 1. The predicted molar refractivity (Wildman–Crippen MR) is 93.3 cm³/mol. The van der Waals surface area contributed by atoms with E-state index in [-0.39, 0.29) is 5.76 Å². The van der Waals surface area contributed by atoms with Gasteiger partial charge in [0.2, 0.25) is 0 Å². The lowest BCUT2D eigenvalue weighted by Crippen LogP contribution is -2.11. The van der Waals surface area contributed by atoms with Crippen LogP contribution in [0.15, 0.2) is 59.0 Å². The molecule has 0 aliphatic carbocycles. The van der Waals surface area contributed by atoms with Crippen LogP contribution in [0.3, 0.4) is 0 Å². The van der Waals surface area contributed by atoms with E-state index in [4.69, 9.17) is 32.9 Å². The van der Waals surface area contributed by atoms with Crippen LogP contribution in [0.5, 0.6) is 0 Å². The third-order valence-corrected chi connectivity index (χ3v) is 3.87. The summed E-state index contributed by atoms with van der Waals surface area (Å²) < 4.78 is 5.58. The molecule has 0 radical (unpaired) electrons. The van der Waals surface area contributed by atoms with Gasteiger partial charge in [-0.25, -0.2) is 0 Å². The van der Waals surface area contributed by atoms with Crippen molar-refractivity contribution in [2.24, 2.45) is 0 Å². The number of rotatable bonds is 3. The quantitative estimate of drug-likeness (QED) is 0.685. The number of hydrogen-bond acceptors (Lipinski definition) is 3. The molecule has 118 valence electrons. The Hall–Kier alpha value is -2.74. The zero-order valence-electron chi connectivity index (χ0n) is 12.2. The van der Waals surface area contributed by atoms with Crippen LogP contribution in [0, 0.1) is 11.3 Å². The highest BCUT2D eigenvalue weighted by molar-refractivity contribution is 6.36. The second-order valence-electron chi connectivity index (χ2n) is 4.90. The topological polar surface area (TPSA) is 66.0 Å². The van der Waals surface area contributed by atoms with E-state index in [9.17, 15) is 4.79 Å². The van der Waals surface area contributed by atoms with Gasteiger partial charge in [-0.15, -0.1) is 0 Å². The molecule has 1 aromatic heterocycles. The molecule has 0 saturated carbocycles. The van der Waals surface area contributed by atoms with Crippen LogP contribution in [0.1, 0.15) is 16.1 Å². The summed E-state index contributed by atoms with van der Waals surface area (Å²) in [6.45, 7) is 0. The minimum absolute atomic E-state index is 0.115. The van der Waals surface area contributed by atoms with Crippen LogP contribution in [0.25, 0.3) is 11.3 Å². The second kappa shape index (κ2) is 6.79. The average molecular weight is 357 g/mol. The maximum Gasteiger partial charge on any atom is 0.291 e. The van der Waals surface area contributed by atoms with E-state index in [0.29, 0.717) is 32.6 Å². The van der Waals surface area contributed by atoms with Crippen LogP contribution < -0.4 is 5.32 Å².